The quantitative estimate of drug-likeness (QED) is 0.821. The topological polar surface area (TPSA) is 79.4 Å². The van der Waals surface area contributed by atoms with E-state index < -0.39 is 5.97 Å². The summed E-state index contributed by atoms with van der Waals surface area (Å²) in [5, 5.41) is 4.37. The monoisotopic (exact) mass is 253 g/mol. The molecule has 0 amide bonds. The number of ether oxygens (including phenoxy) is 2. The number of hydrogen-bond donors (Lipinski definition) is 1. The molecule has 0 atom stereocenters. The summed E-state index contributed by atoms with van der Waals surface area (Å²) in [5.41, 5.74) is 7.04. The van der Waals surface area contributed by atoms with Gasteiger partial charge in [0.2, 0.25) is 0 Å². The van der Waals surface area contributed by atoms with Crippen LogP contribution in [0.25, 0.3) is 0 Å². The lowest BCUT2D eigenvalue weighted by Crippen LogP contribution is -2.22. The van der Waals surface area contributed by atoms with Gasteiger partial charge >= 0.3 is 5.97 Å². The van der Waals surface area contributed by atoms with Crippen LogP contribution in [-0.2, 0) is 9.47 Å². The lowest BCUT2D eigenvalue weighted by atomic mass is 10.1. The van der Waals surface area contributed by atoms with E-state index in [4.69, 9.17) is 15.2 Å². The number of aryl methyl sites for hydroxylation is 1. The van der Waals surface area contributed by atoms with Crippen molar-refractivity contribution in [3.63, 3.8) is 0 Å². The molecule has 0 aliphatic carbocycles. The Hall–Kier alpha value is -1.56. The Bertz CT molecular complexity index is 436. The van der Waals surface area contributed by atoms with Gasteiger partial charge in [-0.2, -0.15) is 5.10 Å². The number of nitrogens with two attached hydrogens (primary N) is 1. The minimum atomic E-state index is -0.397. The number of esters is 1. The van der Waals surface area contributed by atoms with Crippen LogP contribution >= 0.6 is 0 Å². The molecule has 0 aromatic carbocycles. The molecule has 1 aliphatic heterocycles. The third-order valence-electron chi connectivity index (χ3n) is 3.14. The molecule has 1 saturated heterocycles. The fourth-order valence-electron chi connectivity index (χ4n) is 2.23. The van der Waals surface area contributed by atoms with Crippen LogP contribution < -0.4 is 5.73 Å². The van der Waals surface area contributed by atoms with Gasteiger partial charge in [0, 0.05) is 13.2 Å². The predicted molar refractivity (Wildman–Crippen MR) is 66.4 cm³/mol. The zero-order chi connectivity index (χ0) is 13.1. The zero-order valence-electron chi connectivity index (χ0n) is 10.8. The van der Waals surface area contributed by atoms with Crippen molar-refractivity contribution in [1.29, 1.82) is 0 Å². The van der Waals surface area contributed by atoms with Crippen LogP contribution in [0, 0.1) is 6.92 Å². The lowest BCUT2D eigenvalue weighted by molar-refractivity contribution is 0.0526. The van der Waals surface area contributed by atoms with Crippen molar-refractivity contribution in [1.82, 2.24) is 9.78 Å². The van der Waals surface area contributed by atoms with E-state index in [1.165, 1.54) is 0 Å². The summed E-state index contributed by atoms with van der Waals surface area (Å²) in [6.45, 7) is 5.29. The third kappa shape index (κ3) is 2.33. The molecule has 0 bridgehead atoms. The van der Waals surface area contributed by atoms with Gasteiger partial charge in [0.1, 0.15) is 11.4 Å². The predicted octanol–water partition coefficient (Wildman–Crippen LogP) is 1.30. The summed E-state index contributed by atoms with van der Waals surface area (Å²) in [5.74, 6) is 0.00339. The first-order valence-corrected chi connectivity index (χ1v) is 6.24. The normalized spacial score (nSPS) is 16.8. The van der Waals surface area contributed by atoms with Crippen molar-refractivity contribution in [2.75, 3.05) is 25.6 Å². The molecule has 6 nitrogen and oxygen atoms in total. The van der Waals surface area contributed by atoms with E-state index >= 15 is 0 Å². The van der Waals surface area contributed by atoms with Crippen LogP contribution in [0.3, 0.4) is 0 Å². The number of hydrogen-bond acceptors (Lipinski definition) is 5. The van der Waals surface area contributed by atoms with Crippen LogP contribution in [-0.4, -0.2) is 35.6 Å². The van der Waals surface area contributed by atoms with Crippen molar-refractivity contribution in [2.45, 2.75) is 32.7 Å². The number of rotatable bonds is 3. The van der Waals surface area contributed by atoms with Gasteiger partial charge < -0.3 is 15.2 Å². The Kier molecular flexibility index (Phi) is 3.86. The Labute approximate surface area is 106 Å². The molecule has 1 aromatic rings. The highest BCUT2D eigenvalue weighted by Crippen LogP contribution is 2.27. The third-order valence-corrected chi connectivity index (χ3v) is 3.14. The van der Waals surface area contributed by atoms with Crippen molar-refractivity contribution in [2.24, 2.45) is 0 Å². The molecule has 100 valence electrons. The summed E-state index contributed by atoms with van der Waals surface area (Å²) in [7, 11) is 0. The van der Waals surface area contributed by atoms with Gasteiger partial charge in [-0.05, 0) is 26.7 Å². The molecule has 6 heteroatoms. The average Bonchev–Trinajstić information content (AvgIpc) is 2.66. The maximum atomic E-state index is 11.8. The molecule has 1 aromatic heterocycles. The summed E-state index contributed by atoms with van der Waals surface area (Å²) < 4.78 is 12.0. The maximum Gasteiger partial charge on any atom is 0.343 e. The molecule has 2 heterocycles. The maximum absolute atomic E-state index is 11.8. The van der Waals surface area contributed by atoms with E-state index in [1.54, 1.807) is 18.5 Å². The summed E-state index contributed by atoms with van der Waals surface area (Å²) in [4.78, 5) is 11.8. The van der Waals surface area contributed by atoms with Gasteiger partial charge in [-0.1, -0.05) is 0 Å². The molecule has 1 aliphatic rings. The average molecular weight is 253 g/mol. The first-order valence-electron chi connectivity index (χ1n) is 6.24. The second kappa shape index (κ2) is 5.39. The molecular formula is C12H19N3O3. The van der Waals surface area contributed by atoms with Crippen molar-refractivity contribution >= 4 is 11.8 Å². The van der Waals surface area contributed by atoms with Gasteiger partial charge in [-0.15, -0.1) is 0 Å². The first-order chi connectivity index (χ1) is 8.65. The number of nitrogens with zero attached hydrogens (tertiary/aromatic N) is 2. The molecule has 18 heavy (non-hydrogen) atoms. The zero-order valence-corrected chi connectivity index (χ0v) is 10.8. The summed E-state index contributed by atoms with van der Waals surface area (Å²) >= 11 is 0. The second-order valence-electron chi connectivity index (χ2n) is 4.35. The number of aromatic nitrogens is 2. The molecule has 0 saturated carbocycles. The van der Waals surface area contributed by atoms with Crippen LogP contribution in [0.15, 0.2) is 0 Å². The van der Waals surface area contributed by atoms with E-state index in [1.807, 2.05) is 0 Å². The number of carbonyl (C=O) groups excluding carboxylic acids is 1. The van der Waals surface area contributed by atoms with Crippen molar-refractivity contribution < 1.29 is 14.3 Å². The van der Waals surface area contributed by atoms with Crippen LogP contribution in [0.2, 0.25) is 0 Å². The highest BCUT2D eigenvalue weighted by Gasteiger charge is 2.25. The Morgan fingerprint density at radius 3 is 2.83 bits per heavy atom. The lowest BCUT2D eigenvalue weighted by Gasteiger charge is -2.23. The Balaban J connectivity index is 2.27. The van der Waals surface area contributed by atoms with E-state index in [0.29, 0.717) is 36.9 Å². The van der Waals surface area contributed by atoms with Crippen LogP contribution in [0.5, 0.6) is 0 Å². The Morgan fingerprint density at radius 2 is 2.22 bits per heavy atom. The first kappa shape index (κ1) is 12.9. The van der Waals surface area contributed by atoms with Gasteiger partial charge in [0.15, 0.2) is 0 Å². The Morgan fingerprint density at radius 1 is 1.56 bits per heavy atom. The molecule has 0 unspecified atom stereocenters. The molecule has 0 radical (unpaired) electrons. The largest absolute Gasteiger partial charge is 0.462 e. The van der Waals surface area contributed by atoms with Gasteiger partial charge in [0.25, 0.3) is 0 Å². The van der Waals surface area contributed by atoms with Gasteiger partial charge in [-0.3, -0.25) is 0 Å². The van der Waals surface area contributed by atoms with Gasteiger partial charge in [0.05, 0.1) is 18.3 Å². The van der Waals surface area contributed by atoms with Crippen LogP contribution in [0.4, 0.5) is 5.82 Å². The van der Waals surface area contributed by atoms with E-state index in [9.17, 15) is 4.79 Å². The molecule has 1 fully saturated rings. The van der Waals surface area contributed by atoms with E-state index in [-0.39, 0.29) is 6.04 Å². The highest BCUT2D eigenvalue weighted by atomic mass is 16.5. The molecular weight excluding hydrogens is 234 g/mol. The molecule has 2 rings (SSSR count). The number of nitrogen functional groups attached to an aromatic ring is 1. The number of carbonyl (C=O) groups is 1. The fraction of sp³-hybridized carbons (Fsp3) is 0.667. The smallest absolute Gasteiger partial charge is 0.343 e. The van der Waals surface area contributed by atoms with Crippen LogP contribution in [0.1, 0.15) is 41.9 Å². The minimum absolute atomic E-state index is 0.209. The standard InChI is InChI=1S/C12H19N3O3/c1-3-18-12(16)10-8(2)14-15(11(10)13)9-4-6-17-7-5-9/h9H,3-7,13H2,1-2H3. The van der Waals surface area contributed by atoms with E-state index in [2.05, 4.69) is 5.10 Å². The second-order valence-corrected chi connectivity index (χ2v) is 4.35. The number of anilines is 1. The van der Waals surface area contributed by atoms with Gasteiger partial charge in [-0.25, -0.2) is 9.48 Å². The fourth-order valence-corrected chi connectivity index (χ4v) is 2.23. The molecule has 2 N–H and O–H groups in total. The molecule has 0 spiro atoms. The summed E-state index contributed by atoms with van der Waals surface area (Å²) in [6, 6.07) is 0.209. The van der Waals surface area contributed by atoms with E-state index in [0.717, 1.165) is 12.8 Å². The summed E-state index contributed by atoms with van der Waals surface area (Å²) in [6.07, 6.45) is 1.74. The van der Waals surface area contributed by atoms with Crippen molar-refractivity contribution in [3.05, 3.63) is 11.3 Å². The van der Waals surface area contributed by atoms with Crippen molar-refractivity contribution in [3.8, 4) is 0 Å². The minimum Gasteiger partial charge on any atom is -0.462 e. The SMILES string of the molecule is CCOC(=O)c1c(C)nn(C2CCOCC2)c1N. The highest BCUT2D eigenvalue weighted by molar-refractivity contribution is 5.95.